The highest BCUT2D eigenvalue weighted by Gasteiger charge is 2.35. The second-order valence-corrected chi connectivity index (χ2v) is 7.98. The minimum Gasteiger partial charge on any atom is -0.481 e. The van der Waals surface area contributed by atoms with E-state index in [0.29, 0.717) is 11.3 Å². The van der Waals surface area contributed by atoms with Crippen LogP contribution in [0.2, 0.25) is 0 Å². The molecule has 0 radical (unpaired) electrons. The number of amides is 1. The van der Waals surface area contributed by atoms with Crippen LogP contribution < -0.4 is 5.32 Å². The van der Waals surface area contributed by atoms with Gasteiger partial charge in [0.25, 0.3) is 0 Å². The van der Waals surface area contributed by atoms with Crippen molar-refractivity contribution in [1.29, 1.82) is 0 Å². The molecule has 1 aromatic carbocycles. The predicted octanol–water partition coefficient (Wildman–Crippen LogP) is 2.68. The molecule has 0 heterocycles. The predicted molar refractivity (Wildman–Crippen MR) is 86.7 cm³/mol. The Balaban J connectivity index is 2.69. The molecule has 0 bridgehead atoms. The number of hydrogen-bond donors (Lipinski definition) is 2. The fourth-order valence-corrected chi connectivity index (χ4v) is 2.38. The summed E-state index contributed by atoms with van der Waals surface area (Å²) in [6.07, 6.45) is 0. The van der Waals surface area contributed by atoms with Crippen LogP contribution >= 0.6 is 11.8 Å². The lowest BCUT2D eigenvalue weighted by atomic mass is 9.82. The van der Waals surface area contributed by atoms with Crippen molar-refractivity contribution < 1.29 is 14.7 Å². The van der Waals surface area contributed by atoms with Crippen molar-refractivity contribution in [2.24, 2.45) is 0 Å². The van der Waals surface area contributed by atoms with Crippen LogP contribution in [0, 0.1) is 0 Å². The fraction of sp³-hybridized carbons (Fsp3) is 0.500. The average molecular weight is 309 g/mol. The minimum atomic E-state index is -1.12. The molecule has 0 saturated heterocycles. The molecule has 1 atom stereocenters. The van der Waals surface area contributed by atoms with Crippen molar-refractivity contribution in [3.8, 4) is 0 Å². The highest BCUT2D eigenvalue weighted by atomic mass is 32.2. The van der Waals surface area contributed by atoms with E-state index >= 15 is 0 Å². The van der Waals surface area contributed by atoms with Gasteiger partial charge < -0.3 is 10.4 Å². The van der Waals surface area contributed by atoms with Gasteiger partial charge in [0.2, 0.25) is 5.91 Å². The fourth-order valence-electron chi connectivity index (χ4n) is 1.72. The number of benzene rings is 1. The molecule has 0 spiro atoms. The van der Waals surface area contributed by atoms with Crippen molar-refractivity contribution in [2.45, 2.75) is 37.9 Å². The van der Waals surface area contributed by atoms with Gasteiger partial charge in [-0.15, -0.1) is 11.8 Å². The first-order valence-corrected chi connectivity index (χ1v) is 7.83. The van der Waals surface area contributed by atoms with Gasteiger partial charge in [-0.3, -0.25) is 9.59 Å². The molecule has 0 saturated carbocycles. The van der Waals surface area contributed by atoms with Gasteiger partial charge in [0.05, 0.1) is 5.75 Å². The van der Waals surface area contributed by atoms with Crippen LogP contribution in [-0.2, 0) is 15.0 Å². The summed E-state index contributed by atoms with van der Waals surface area (Å²) in [5.41, 5.74) is -0.440. The SMILES string of the molecule is CC(C)(C)SCC(=O)NCC(C)(C(=O)O)c1ccccc1. The first-order chi connectivity index (χ1) is 9.65. The molecule has 0 aliphatic heterocycles. The number of aliphatic carboxylic acids is 1. The Morgan fingerprint density at radius 2 is 1.71 bits per heavy atom. The molecule has 1 rings (SSSR count). The van der Waals surface area contributed by atoms with E-state index in [1.165, 1.54) is 11.8 Å². The Morgan fingerprint density at radius 3 is 2.19 bits per heavy atom. The molecule has 2 N–H and O–H groups in total. The normalized spacial score (nSPS) is 14.3. The summed E-state index contributed by atoms with van der Waals surface area (Å²) in [6, 6.07) is 8.97. The summed E-state index contributed by atoms with van der Waals surface area (Å²) in [5.74, 6) is -0.760. The number of nitrogens with one attached hydrogen (secondary N) is 1. The zero-order valence-electron chi connectivity index (χ0n) is 13.0. The van der Waals surface area contributed by atoms with Crippen LogP contribution in [0.25, 0.3) is 0 Å². The van der Waals surface area contributed by atoms with Gasteiger partial charge in [-0.25, -0.2) is 0 Å². The third-order valence-electron chi connectivity index (χ3n) is 3.16. The maximum atomic E-state index is 11.9. The number of carbonyl (C=O) groups is 2. The van der Waals surface area contributed by atoms with Crippen LogP contribution in [0.15, 0.2) is 30.3 Å². The lowest BCUT2D eigenvalue weighted by Crippen LogP contribution is -2.45. The summed E-state index contributed by atoms with van der Waals surface area (Å²) >= 11 is 1.54. The van der Waals surface area contributed by atoms with Crippen LogP contribution in [0.5, 0.6) is 0 Å². The molecular formula is C16H23NO3S. The number of carbonyl (C=O) groups excluding carboxylic acids is 1. The van der Waals surface area contributed by atoms with Crippen molar-refractivity contribution >= 4 is 23.6 Å². The van der Waals surface area contributed by atoms with E-state index in [1.54, 1.807) is 31.2 Å². The van der Waals surface area contributed by atoms with Crippen LogP contribution in [0.4, 0.5) is 0 Å². The van der Waals surface area contributed by atoms with Gasteiger partial charge in [-0.2, -0.15) is 0 Å². The Kier molecular flexibility index (Phi) is 5.84. The smallest absolute Gasteiger partial charge is 0.315 e. The first kappa shape index (κ1) is 17.6. The molecule has 0 fully saturated rings. The molecule has 21 heavy (non-hydrogen) atoms. The molecule has 1 aromatic rings. The van der Waals surface area contributed by atoms with Crippen LogP contribution in [-0.4, -0.2) is 34.0 Å². The zero-order chi connectivity index (χ0) is 16.1. The molecular weight excluding hydrogens is 286 g/mol. The monoisotopic (exact) mass is 309 g/mol. The van der Waals surface area contributed by atoms with Gasteiger partial charge in [0.1, 0.15) is 5.41 Å². The first-order valence-electron chi connectivity index (χ1n) is 6.85. The van der Waals surface area contributed by atoms with Crippen LogP contribution in [0.1, 0.15) is 33.3 Å². The van der Waals surface area contributed by atoms with Gasteiger partial charge in [-0.1, -0.05) is 51.1 Å². The van der Waals surface area contributed by atoms with E-state index < -0.39 is 11.4 Å². The topological polar surface area (TPSA) is 66.4 Å². The minimum absolute atomic E-state index is 0.00682. The number of hydrogen-bond acceptors (Lipinski definition) is 3. The third-order valence-corrected chi connectivity index (χ3v) is 4.43. The molecule has 5 heteroatoms. The van der Waals surface area contributed by atoms with E-state index in [1.807, 2.05) is 26.8 Å². The number of rotatable bonds is 6. The number of carboxylic acids is 1. The Bertz CT molecular complexity index is 496. The third kappa shape index (κ3) is 5.42. The van der Waals surface area contributed by atoms with Gasteiger partial charge in [0.15, 0.2) is 0 Å². The zero-order valence-corrected chi connectivity index (χ0v) is 13.8. The molecule has 0 aliphatic rings. The number of thioether (sulfide) groups is 1. The molecule has 1 unspecified atom stereocenters. The van der Waals surface area contributed by atoms with E-state index in [4.69, 9.17) is 0 Å². The highest BCUT2D eigenvalue weighted by molar-refractivity contribution is 8.01. The van der Waals surface area contributed by atoms with Crippen molar-refractivity contribution in [3.63, 3.8) is 0 Å². The lowest BCUT2D eigenvalue weighted by molar-refractivity contribution is -0.143. The van der Waals surface area contributed by atoms with E-state index in [-0.39, 0.29) is 17.2 Å². The molecule has 4 nitrogen and oxygen atoms in total. The van der Waals surface area contributed by atoms with Crippen molar-refractivity contribution in [2.75, 3.05) is 12.3 Å². The lowest BCUT2D eigenvalue weighted by Gasteiger charge is -2.26. The number of carboxylic acid groups (broad SMARTS) is 1. The van der Waals surface area contributed by atoms with E-state index in [2.05, 4.69) is 5.32 Å². The summed E-state index contributed by atoms with van der Waals surface area (Å²) in [5, 5.41) is 12.2. The maximum Gasteiger partial charge on any atom is 0.315 e. The van der Waals surface area contributed by atoms with Gasteiger partial charge >= 0.3 is 5.97 Å². The Morgan fingerprint density at radius 1 is 1.14 bits per heavy atom. The van der Waals surface area contributed by atoms with Gasteiger partial charge in [0, 0.05) is 11.3 Å². The second-order valence-electron chi connectivity index (χ2n) is 6.18. The molecule has 0 aliphatic carbocycles. The molecule has 1 amide bonds. The van der Waals surface area contributed by atoms with Crippen LogP contribution in [0.3, 0.4) is 0 Å². The van der Waals surface area contributed by atoms with Gasteiger partial charge in [-0.05, 0) is 12.5 Å². The Hall–Kier alpha value is -1.49. The summed E-state index contributed by atoms with van der Waals surface area (Å²) in [4.78, 5) is 23.5. The second kappa shape index (κ2) is 6.98. The standard InChI is InChI=1S/C16H23NO3S/c1-15(2,3)21-10-13(18)17-11-16(4,14(19)20)12-8-6-5-7-9-12/h5-9H,10-11H2,1-4H3,(H,17,18)(H,19,20). The highest BCUT2D eigenvalue weighted by Crippen LogP contribution is 2.24. The van der Waals surface area contributed by atoms with E-state index in [9.17, 15) is 14.7 Å². The van der Waals surface area contributed by atoms with Crippen molar-refractivity contribution in [3.05, 3.63) is 35.9 Å². The quantitative estimate of drug-likeness (QED) is 0.848. The molecule has 0 aromatic heterocycles. The summed E-state index contributed by atoms with van der Waals surface area (Å²) < 4.78 is 0.00682. The summed E-state index contributed by atoms with van der Waals surface area (Å²) in [6.45, 7) is 7.82. The largest absolute Gasteiger partial charge is 0.481 e. The summed E-state index contributed by atoms with van der Waals surface area (Å²) in [7, 11) is 0. The average Bonchev–Trinajstić information content (AvgIpc) is 2.42. The Labute approximate surface area is 130 Å². The molecule has 116 valence electrons. The maximum absolute atomic E-state index is 11.9. The van der Waals surface area contributed by atoms with E-state index in [0.717, 1.165) is 0 Å². The van der Waals surface area contributed by atoms with Crippen molar-refractivity contribution in [1.82, 2.24) is 5.32 Å².